The molecule has 0 heterocycles. The molecule has 0 unspecified atom stereocenters. The van der Waals surface area contributed by atoms with Crippen LogP contribution in [-0.2, 0) is 4.79 Å². The first kappa shape index (κ1) is 15.2. The van der Waals surface area contributed by atoms with Gasteiger partial charge in [-0.3, -0.25) is 4.79 Å². The van der Waals surface area contributed by atoms with Gasteiger partial charge in [-0.05, 0) is 33.8 Å². The Hall–Kier alpha value is -1.83. The number of allylic oxidation sites excluding steroid dienone is 9. The van der Waals surface area contributed by atoms with E-state index in [0.717, 1.165) is 5.57 Å². The lowest BCUT2D eigenvalue weighted by Gasteiger charge is -2.04. The standard InChI is InChI=1S/C15H20O2/c1-6-8-9-13(7-2)15(17)14(12(5)16)10-11(3)4/h6-10,16H,2H2,1,3-5H3/b8-6-,13-9+,14-12-. The fourth-order valence-corrected chi connectivity index (χ4v) is 1.21. The molecular formula is C15H20O2. The number of aliphatic hydroxyl groups is 1. The SMILES string of the molecule is C=C/C(=C\C=C/C)C(=O)/C(C=C(C)C)=C(/C)O. The van der Waals surface area contributed by atoms with Crippen LogP contribution in [0.2, 0.25) is 0 Å². The summed E-state index contributed by atoms with van der Waals surface area (Å²) in [7, 11) is 0. The second-order valence-corrected chi connectivity index (χ2v) is 3.90. The monoisotopic (exact) mass is 232 g/mol. The maximum absolute atomic E-state index is 12.1. The molecule has 0 rings (SSSR count). The fourth-order valence-electron chi connectivity index (χ4n) is 1.21. The van der Waals surface area contributed by atoms with Crippen molar-refractivity contribution in [2.45, 2.75) is 27.7 Å². The summed E-state index contributed by atoms with van der Waals surface area (Å²) in [4.78, 5) is 12.1. The molecule has 0 fully saturated rings. The van der Waals surface area contributed by atoms with E-state index in [0.29, 0.717) is 11.1 Å². The van der Waals surface area contributed by atoms with Gasteiger partial charge < -0.3 is 5.11 Å². The van der Waals surface area contributed by atoms with Gasteiger partial charge in [0.05, 0.1) is 5.57 Å². The van der Waals surface area contributed by atoms with Crippen molar-refractivity contribution in [2.75, 3.05) is 0 Å². The molecule has 2 heteroatoms. The average Bonchev–Trinajstić information content (AvgIpc) is 2.26. The maximum Gasteiger partial charge on any atom is 0.196 e. The summed E-state index contributed by atoms with van der Waals surface area (Å²) in [5, 5.41) is 9.54. The third-order valence-corrected chi connectivity index (χ3v) is 2.02. The second-order valence-electron chi connectivity index (χ2n) is 3.90. The maximum atomic E-state index is 12.1. The van der Waals surface area contributed by atoms with Crippen LogP contribution >= 0.6 is 0 Å². The number of rotatable bonds is 5. The van der Waals surface area contributed by atoms with Crippen LogP contribution in [0.5, 0.6) is 0 Å². The van der Waals surface area contributed by atoms with Gasteiger partial charge in [0.2, 0.25) is 0 Å². The van der Waals surface area contributed by atoms with Gasteiger partial charge in [-0.15, -0.1) is 0 Å². The molecule has 0 aliphatic carbocycles. The number of carbonyl (C=O) groups is 1. The Balaban J connectivity index is 5.46. The van der Waals surface area contributed by atoms with E-state index in [4.69, 9.17) is 0 Å². The van der Waals surface area contributed by atoms with Crippen molar-refractivity contribution in [3.05, 3.63) is 59.4 Å². The summed E-state index contributed by atoms with van der Waals surface area (Å²) >= 11 is 0. The Labute approximate surface area is 103 Å². The normalized spacial score (nSPS) is 13.3. The molecular weight excluding hydrogens is 212 g/mol. The minimum atomic E-state index is -0.223. The molecule has 0 atom stereocenters. The topological polar surface area (TPSA) is 37.3 Å². The van der Waals surface area contributed by atoms with Crippen molar-refractivity contribution < 1.29 is 9.90 Å². The van der Waals surface area contributed by atoms with Gasteiger partial charge in [-0.25, -0.2) is 0 Å². The Morgan fingerprint density at radius 1 is 1.24 bits per heavy atom. The summed E-state index contributed by atoms with van der Waals surface area (Å²) in [6.07, 6.45) is 8.43. The number of carbonyl (C=O) groups excluding carboxylic acids is 1. The van der Waals surface area contributed by atoms with E-state index in [1.807, 2.05) is 26.8 Å². The molecule has 0 bridgehead atoms. The molecule has 2 nitrogen and oxygen atoms in total. The predicted octanol–water partition coefficient (Wildman–Crippen LogP) is 4.04. The molecule has 0 radical (unpaired) electrons. The summed E-state index contributed by atoms with van der Waals surface area (Å²) in [6, 6.07) is 0. The lowest BCUT2D eigenvalue weighted by molar-refractivity contribution is -0.111. The molecule has 0 aliphatic heterocycles. The van der Waals surface area contributed by atoms with E-state index in [1.54, 1.807) is 18.2 Å². The molecule has 0 saturated heterocycles. The van der Waals surface area contributed by atoms with Crippen molar-refractivity contribution in [3.8, 4) is 0 Å². The number of aliphatic hydroxyl groups excluding tert-OH is 1. The van der Waals surface area contributed by atoms with E-state index in [1.165, 1.54) is 13.0 Å². The van der Waals surface area contributed by atoms with Gasteiger partial charge in [0.1, 0.15) is 5.76 Å². The van der Waals surface area contributed by atoms with Gasteiger partial charge in [0.15, 0.2) is 5.78 Å². The predicted molar refractivity (Wildman–Crippen MR) is 72.9 cm³/mol. The van der Waals surface area contributed by atoms with Crippen LogP contribution in [0, 0.1) is 0 Å². The highest BCUT2D eigenvalue weighted by Gasteiger charge is 2.13. The van der Waals surface area contributed by atoms with Crippen molar-refractivity contribution in [3.63, 3.8) is 0 Å². The van der Waals surface area contributed by atoms with Crippen LogP contribution < -0.4 is 0 Å². The highest BCUT2D eigenvalue weighted by molar-refractivity contribution is 6.12. The molecule has 92 valence electrons. The smallest absolute Gasteiger partial charge is 0.196 e. The minimum absolute atomic E-state index is 0.0180. The molecule has 0 aromatic heterocycles. The lowest BCUT2D eigenvalue weighted by Crippen LogP contribution is -2.05. The molecule has 0 aliphatic rings. The largest absolute Gasteiger partial charge is 0.512 e. The first-order valence-electron chi connectivity index (χ1n) is 5.48. The fraction of sp³-hybridized carbons (Fsp3) is 0.267. The summed E-state index contributed by atoms with van der Waals surface area (Å²) in [6.45, 7) is 10.7. The Kier molecular flexibility index (Phi) is 6.64. The van der Waals surface area contributed by atoms with Gasteiger partial charge in [-0.2, -0.15) is 0 Å². The third kappa shape index (κ3) is 5.16. The number of Topliss-reactive ketones (excluding diaryl/α,β-unsaturated/α-hetero) is 1. The molecule has 0 aromatic rings. The van der Waals surface area contributed by atoms with Gasteiger partial charge in [-0.1, -0.05) is 36.5 Å². The van der Waals surface area contributed by atoms with Crippen LogP contribution in [-0.4, -0.2) is 10.9 Å². The zero-order chi connectivity index (χ0) is 13.4. The highest BCUT2D eigenvalue weighted by Crippen LogP contribution is 2.14. The van der Waals surface area contributed by atoms with E-state index >= 15 is 0 Å². The van der Waals surface area contributed by atoms with Crippen LogP contribution in [0.4, 0.5) is 0 Å². The van der Waals surface area contributed by atoms with Gasteiger partial charge in [0, 0.05) is 5.57 Å². The first-order chi connectivity index (χ1) is 7.93. The molecule has 0 aromatic carbocycles. The second kappa shape index (κ2) is 7.44. The lowest BCUT2D eigenvalue weighted by atomic mass is 10.00. The van der Waals surface area contributed by atoms with Crippen molar-refractivity contribution in [2.24, 2.45) is 0 Å². The van der Waals surface area contributed by atoms with Gasteiger partial charge >= 0.3 is 0 Å². The Morgan fingerprint density at radius 2 is 1.82 bits per heavy atom. The third-order valence-electron chi connectivity index (χ3n) is 2.02. The zero-order valence-corrected chi connectivity index (χ0v) is 10.9. The highest BCUT2D eigenvalue weighted by atomic mass is 16.3. The van der Waals surface area contributed by atoms with Crippen LogP contribution in [0.15, 0.2) is 59.4 Å². The van der Waals surface area contributed by atoms with Crippen molar-refractivity contribution in [1.29, 1.82) is 0 Å². The first-order valence-corrected chi connectivity index (χ1v) is 5.48. The molecule has 1 N–H and O–H groups in total. The number of ketones is 1. The van der Waals surface area contributed by atoms with Crippen LogP contribution in [0.3, 0.4) is 0 Å². The van der Waals surface area contributed by atoms with E-state index in [9.17, 15) is 9.90 Å². The molecule has 0 spiro atoms. The molecule has 0 saturated carbocycles. The summed E-state index contributed by atoms with van der Waals surface area (Å²) in [5.41, 5.74) is 1.72. The Morgan fingerprint density at radius 3 is 2.18 bits per heavy atom. The quantitative estimate of drug-likeness (QED) is 0.441. The van der Waals surface area contributed by atoms with E-state index in [-0.39, 0.29) is 11.5 Å². The number of hydrogen-bond donors (Lipinski definition) is 1. The van der Waals surface area contributed by atoms with Gasteiger partial charge in [0.25, 0.3) is 0 Å². The van der Waals surface area contributed by atoms with Crippen LogP contribution in [0.25, 0.3) is 0 Å². The molecule has 0 amide bonds. The van der Waals surface area contributed by atoms with E-state index in [2.05, 4.69) is 6.58 Å². The van der Waals surface area contributed by atoms with E-state index < -0.39 is 0 Å². The summed E-state index contributed by atoms with van der Waals surface area (Å²) < 4.78 is 0. The number of hydrogen-bond acceptors (Lipinski definition) is 2. The van der Waals surface area contributed by atoms with Crippen LogP contribution in [0.1, 0.15) is 27.7 Å². The Bertz CT molecular complexity index is 410. The minimum Gasteiger partial charge on any atom is -0.512 e. The average molecular weight is 232 g/mol. The molecule has 17 heavy (non-hydrogen) atoms. The van der Waals surface area contributed by atoms with Crippen molar-refractivity contribution in [1.82, 2.24) is 0 Å². The van der Waals surface area contributed by atoms with Crippen molar-refractivity contribution >= 4 is 5.78 Å². The summed E-state index contributed by atoms with van der Waals surface area (Å²) in [5.74, 6) is -0.205. The zero-order valence-electron chi connectivity index (χ0n) is 10.9.